The quantitative estimate of drug-likeness (QED) is 0.435. The Labute approximate surface area is 200 Å². The van der Waals surface area contributed by atoms with Crippen LogP contribution in [0.5, 0.6) is 0 Å². The SMILES string of the molecule is FC(F)c1cccc2ccnn12.N/C=C(/C(=O)N1CCc2nc[nH]c2C1)c1ccc(C2CC2)cn1. The second kappa shape index (κ2) is 9.65. The molecule has 0 unspecified atom stereocenters. The number of alkyl halides is 2. The van der Waals surface area contributed by atoms with Crippen LogP contribution in [0.15, 0.2) is 61.3 Å². The van der Waals surface area contributed by atoms with Crippen molar-refractivity contribution in [1.82, 2.24) is 29.5 Å². The summed E-state index contributed by atoms with van der Waals surface area (Å²) in [5.74, 6) is 0.567. The van der Waals surface area contributed by atoms with Crippen LogP contribution < -0.4 is 5.73 Å². The first-order valence-electron chi connectivity index (χ1n) is 11.4. The molecule has 0 atom stereocenters. The molecule has 10 heteroatoms. The lowest BCUT2D eigenvalue weighted by molar-refractivity contribution is -0.126. The second-order valence-corrected chi connectivity index (χ2v) is 8.56. The fraction of sp³-hybridized carbons (Fsp3) is 0.280. The van der Waals surface area contributed by atoms with Gasteiger partial charge in [-0.25, -0.2) is 18.3 Å². The van der Waals surface area contributed by atoms with E-state index in [1.165, 1.54) is 41.4 Å². The highest BCUT2D eigenvalue weighted by Gasteiger charge is 2.27. The van der Waals surface area contributed by atoms with E-state index in [9.17, 15) is 13.6 Å². The van der Waals surface area contributed by atoms with E-state index in [-0.39, 0.29) is 11.6 Å². The molecule has 1 fully saturated rings. The van der Waals surface area contributed by atoms with Crippen molar-refractivity contribution in [3.05, 3.63) is 89.7 Å². The number of H-pyrrole nitrogens is 1. The van der Waals surface area contributed by atoms with Gasteiger partial charge >= 0.3 is 0 Å². The zero-order chi connectivity index (χ0) is 24.4. The van der Waals surface area contributed by atoms with Crippen LogP contribution in [0.25, 0.3) is 11.1 Å². The van der Waals surface area contributed by atoms with Gasteiger partial charge in [-0.1, -0.05) is 12.1 Å². The van der Waals surface area contributed by atoms with Crippen molar-refractivity contribution < 1.29 is 13.6 Å². The van der Waals surface area contributed by atoms with Crippen LogP contribution in [0, 0.1) is 0 Å². The van der Waals surface area contributed by atoms with Gasteiger partial charge in [0, 0.05) is 31.6 Å². The Morgan fingerprint density at radius 3 is 2.74 bits per heavy atom. The van der Waals surface area contributed by atoms with Crippen molar-refractivity contribution >= 4 is 17.0 Å². The topological polar surface area (TPSA) is 105 Å². The zero-order valence-corrected chi connectivity index (χ0v) is 18.9. The Kier molecular flexibility index (Phi) is 6.26. The minimum absolute atomic E-state index is 0.0718. The van der Waals surface area contributed by atoms with Gasteiger partial charge in [-0.15, -0.1) is 0 Å². The lowest BCUT2D eigenvalue weighted by Gasteiger charge is -2.27. The summed E-state index contributed by atoms with van der Waals surface area (Å²) >= 11 is 0. The van der Waals surface area contributed by atoms with Crippen molar-refractivity contribution in [2.24, 2.45) is 5.73 Å². The van der Waals surface area contributed by atoms with Crippen LogP contribution >= 0.6 is 0 Å². The molecule has 1 aliphatic carbocycles. The fourth-order valence-electron chi connectivity index (χ4n) is 4.18. The molecule has 4 aromatic rings. The molecule has 35 heavy (non-hydrogen) atoms. The van der Waals surface area contributed by atoms with Crippen LogP contribution in [0.2, 0.25) is 0 Å². The van der Waals surface area contributed by atoms with Crippen LogP contribution in [0.4, 0.5) is 8.78 Å². The highest BCUT2D eigenvalue weighted by atomic mass is 19.3. The highest BCUT2D eigenvalue weighted by molar-refractivity contribution is 6.18. The van der Waals surface area contributed by atoms with Gasteiger partial charge in [-0.05, 0) is 48.6 Å². The number of carbonyl (C=O) groups excluding carboxylic acids is 1. The monoisotopic (exact) mass is 477 g/mol. The standard InChI is InChI=1S/C17H19N5O.C8H6F2N2/c18-7-13(14-4-3-12(8-19-14)11-1-2-11)17(23)22-6-5-15-16(9-22)21-10-20-15;9-8(10)7-3-1-2-6-4-5-11-12(6)7/h3-4,7-8,10-11H,1-2,5-6,9,18H2,(H,20,21);1-5,8H/b13-7+;. The molecule has 8 nitrogen and oxygen atoms in total. The van der Waals surface area contributed by atoms with E-state index in [4.69, 9.17) is 5.73 Å². The van der Waals surface area contributed by atoms with Gasteiger partial charge < -0.3 is 15.6 Å². The smallest absolute Gasteiger partial charge is 0.280 e. The Morgan fingerprint density at radius 1 is 1.17 bits per heavy atom. The minimum atomic E-state index is -2.48. The molecule has 1 amide bonds. The van der Waals surface area contributed by atoms with E-state index in [0.29, 0.717) is 35.8 Å². The molecule has 2 aliphatic rings. The highest BCUT2D eigenvalue weighted by Crippen LogP contribution is 2.39. The van der Waals surface area contributed by atoms with Crippen LogP contribution in [0.1, 0.15) is 53.5 Å². The summed E-state index contributed by atoms with van der Waals surface area (Å²) in [6.07, 6.45) is 7.17. The summed E-state index contributed by atoms with van der Waals surface area (Å²) in [6.45, 7) is 1.18. The number of nitrogens with one attached hydrogen (secondary N) is 1. The Bertz CT molecular complexity index is 1360. The number of rotatable bonds is 4. The average molecular weight is 478 g/mol. The van der Waals surface area contributed by atoms with E-state index in [1.54, 1.807) is 29.4 Å². The molecule has 0 saturated heterocycles. The van der Waals surface area contributed by atoms with Crippen molar-refractivity contribution in [3.8, 4) is 0 Å². The first kappa shape index (κ1) is 22.7. The summed E-state index contributed by atoms with van der Waals surface area (Å²) in [5, 5.41) is 3.78. The molecule has 4 aromatic heterocycles. The zero-order valence-electron chi connectivity index (χ0n) is 18.9. The van der Waals surface area contributed by atoms with Gasteiger partial charge in [0.1, 0.15) is 5.69 Å². The number of imidazole rings is 1. The molecular formula is C25H25F2N7O. The number of hydrogen-bond acceptors (Lipinski definition) is 5. The predicted octanol–water partition coefficient (Wildman–Crippen LogP) is 3.84. The predicted molar refractivity (Wildman–Crippen MR) is 126 cm³/mol. The number of carbonyl (C=O) groups is 1. The van der Waals surface area contributed by atoms with Crippen molar-refractivity contribution in [2.75, 3.05) is 6.54 Å². The lowest BCUT2D eigenvalue weighted by Crippen LogP contribution is -2.36. The third-order valence-electron chi connectivity index (χ3n) is 6.24. The largest absolute Gasteiger partial charge is 0.404 e. The molecule has 1 saturated carbocycles. The van der Waals surface area contributed by atoms with Crippen LogP contribution in [-0.2, 0) is 17.8 Å². The summed E-state index contributed by atoms with van der Waals surface area (Å²) in [7, 11) is 0. The lowest BCUT2D eigenvalue weighted by atomic mass is 10.1. The van der Waals surface area contributed by atoms with Crippen LogP contribution in [0.3, 0.4) is 0 Å². The summed E-state index contributed by atoms with van der Waals surface area (Å²) in [6, 6.07) is 10.3. The number of pyridine rings is 2. The van der Waals surface area contributed by atoms with Gasteiger partial charge in [0.15, 0.2) is 0 Å². The van der Waals surface area contributed by atoms with Gasteiger partial charge in [0.05, 0.1) is 41.0 Å². The van der Waals surface area contributed by atoms with Crippen LogP contribution in [-0.4, -0.2) is 41.9 Å². The minimum Gasteiger partial charge on any atom is -0.404 e. The second-order valence-electron chi connectivity index (χ2n) is 8.56. The third-order valence-corrected chi connectivity index (χ3v) is 6.24. The fourth-order valence-corrected chi connectivity index (χ4v) is 4.18. The van der Waals surface area contributed by atoms with Gasteiger partial charge in [0.25, 0.3) is 12.3 Å². The normalized spacial score (nSPS) is 15.6. The number of fused-ring (bicyclic) bond motifs is 2. The molecule has 0 aromatic carbocycles. The van der Waals surface area contributed by atoms with Gasteiger partial charge in [0.2, 0.25) is 0 Å². The first-order chi connectivity index (χ1) is 17.0. The van der Waals surface area contributed by atoms with E-state index < -0.39 is 6.43 Å². The maximum Gasteiger partial charge on any atom is 0.280 e. The molecule has 0 bridgehead atoms. The summed E-state index contributed by atoms with van der Waals surface area (Å²) in [5.41, 5.74) is 10.7. The molecule has 180 valence electrons. The number of amides is 1. The first-order valence-corrected chi connectivity index (χ1v) is 11.4. The van der Waals surface area contributed by atoms with Crippen molar-refractivity contribution in [3.63, 3.8) is 0 Å². The number of nitrogens with two attached hydrogens (primary N) is 1. The number of aromatic amines is 1. The number of hydrogen-bond donors (Lipinski definition) is 2. The van der Waals surface area contributed by atoms with Crippen molar-refractivity contribution in [2.45, 2.75) is 38.2 Å². The number of halogens is 2. The molecule has 6 rings (SSSR count). The van der Waals surface area contributed by atoms with Gasteiger partial charge in [-0.2, -0.15) is 5.10 Å². The number of aromatic nitrogens is 5. The van der Waals surface area contributed by atoms with Gasteiger partial charge in [-0.3, -0.25) is 9.78 Å². The number of nitrogens with zero attached hydrogens (tertiary/aromatic N) is 5. The molecule has 5 heterocycles. The molecular weight excluding hydrogens is 452 g/mol. The third kappa shape index (κ3) is 4.77. The van der Waals surface area contributed by atoms with E-state index >= 15 is 0 Å². The molecule has 1 aliphatic heterocycles. The Balaban J connectivity index is 0.000000178. The average Bonchev–Trinajstić information content (AvgIpc) is 3.42. The summed E-state index contributed by atoms with van der Waals surface area (Å²) < 4.78 is 25.9. The maximum atomic E-state index is 12.8. The van der Waals surface area contributed by atoms with Crippen molar-refractivity contribution in [1.29, 1.82) is 0 Å². The molecule has 0 radical (unpaired) electrons. The Morgan fingerprint density at radius 2 is 2.03 bits per heavy atom. The van der Waals surface area contributed by atoms with E-state index in [0.717, 1.165) is 17.8 Å². The molecule has 0 spiro atoms. The molecule has 3 N–H and O–H groups in total. The summed E-state index contributed by atoms with van der Waals surface area (Å²) in [4.78, 5) is 26.4. The van der Waals surface area contributed by atoms with E-state index in [1.807, 2.05) is 12.3 Å². The maximum absolute atomic E-state index is 12.8. The Hall–Kier alpha value is -4.08. The van der Waals surface area contributed by atoms with E-state index in [2.05, 4.69) is 26.1 Å².